The van der Waals surface area contributed by atoms with Crippen LogP contribution in [0.3, 0.4) is 0 Å². The number of carbonyl (C=O) groups is 1. The number of rotatable bonds is 2. The molecule has 0 unspecified atom stereocenters. The first-order valence-corrected chi connectivity index (χ1v) is 8.64. The van der Waals surface area contributed by atoms with Crippen LogP contribution in [0, 0.1) is 0 Å². The van der Waals surface area contributed by atoms with Crippen LogP contribution in [0.4, 0.5) is 4.79 Å². The van der Waals surface area contributed by atoms with Gasteiger partial charge in [0, 0.05) is 25.0 Å². The minimum Gasteiger partial charge on any atom is -0.330 e. The normalized spacial score (nSPS) is 10.8. The number of benzene rings is 3. The SMILES string of the molecule is CN(C)C(=O)n1c(-c2ccccc2)c(-c2ccccc2)c2ccccc21. The van der Waals surface area contributed by atoms with Crippen LogP contribution in [-0.4, -0.2) is 29.6 Å². The molecule has 0 N–H and O–H groups in total. The van der Waals surface area contributed by atoms with Crippen LogP contribution in [0.25, 0.3) is 33.3 Å². The number of hydrogen-bond donors (Lipinski definition) is 0. The average Bonchev–Trinajstić information content (AvgIpc) is 3.03. The maximum absolute atomic E-state index is 13.1. The molecule has 4 rings (SSSR count). The summed E-state index contributed by atoms with van der Waals surface area (Å²) in [6, 6.07) is 28.4. The molecule has 0 saturated heterocycles. The molecule has 0 radical (unpaired) electrons. The Morgan fingerprint density at radius 1 is 0.731 bits per heavy atom. The third-order valence-corrected chi connectivity index (χ3v) is 4.56. The second-order valence-corrected chi connectivity index (χ2v) is 6.49. The number of fused-ring (bicyclic) bond motifs is 1. The molecule has 0 fully saturated rings. The minimum absolute atomic E-state index is 0.0535. The second kappa shape index (κ2) is 6.52. The van der Waals surface area contributed by atoms with Gasteiger partial charge in [-0.05, 0) is 17.2 Å². The summed E-state index contributed by atoms with van der Waals surface area (Å²) in [5, 5.41) is 1.08. The Balaban J connectivity index is 2.17. The topological polar surface area (TPSA) is 25.2 Å². The molecule has 26 heavy (non-hydrogen) atoms. The zero-order chi connectivity index (χ0) is 18.1. The van der Waals surface area contributed by atoms with Gasteiger partial charge in [0.15, 0.2) is 0 Å². The second-order valence-electron chi connectivity index (χ2n) is 6.49. The van der Waals surface area contributed by atoms with E-state index in [1.54, 1.807) is 19.0 Å². The van der Waals surface area contributed by atoms with Gasteiger partial charge in [0.1, 0.15) is 0 Å². The fraction of sp³-hybridized carbons (Fsp3) is 0.0870. The molecule has 1 heterocycles. The molecular weight excluding hydrogens is 320 g/mol. The molecule has 0 aliphatic heterocycles. The van der Waals surface area contributed by atoms with Gasteiger partial charge in [-0.3, -0.25) is 4.57 Å². The van der Waals surface area contributed by atoms with E-state index in [9.17, 15) is 4.79 Å². The largest absolute Gasteiger partial charge is 0.330 e. The molecule has 1 aromatic heterocycles. The summed E-state index contributed by atoms with van der Waals surface area (Å²) < 4.78 is 1.83. The maximum atomic E-state index is 13.1. The van der Waals surface area contributed by atoms with E-state index in [-0.39, 0.29) is 6.03 Å². The number of nitrogens with zero attached hydrogens (tertiary/aromatic N) is 2. The van der Waals surface area contributed by atoms with E-state index < -0.39 is 0 Å². The van der Waals surface area contributed by atoms with E-state index in [4.69, 9.17) is 0 Å². The van der Waals surface area contributed by atoms with Crippen LogP contribution in [0.2, 0.25) is 0 Å². The van der Waals surface area contributed by atoms with Gasteiger partial charge in [-0.2, -0.15) is 0 Å². The summed E-state index contributed by atoms with van der Waals surface area (Å²) in [7, 11) is 3.57. The number of carbonyl (C=O) groups excluding carboxylic acids is 1. The molecular formula is C23H20N2O. The molecule has 0 spiro atoms. The molecule has 0 aliphatic rings. The first kappa shape index (κ1) is 16.2. The Morgan fingerprint density at radius 3 is 1.88 bits per heavy atom. The van der Waals surface area contributed by atoms with Crippen molar-refractivity contribution in [1.29, 1.82) is 0 Å². The summed E-state index contributed by atoms with van der Waals surface area (Å²) in [5.74, 6) is 0. The predicted octanol–water partition coefficient (Wildman–Crippen LogP) is 5.51. The lowest BCUT2D eigenvalue weighted by atomic mass is 9.98. The van der Waals surface area contributed by atoms with Crippen molar-refractivity contribution in [2.75, 3.05) is 14.1 Å². The van der Waals surface area contributed by atoms with Gasteiger partial charge in [-0.25, -0.2) is 4.79 Å². The van der Waals surface area contributed by atoms with Crippen molar-refractivity contribution < 1.29 is 4.79 Å². The lowest BCUT2D eigenvalue weighted by molar-refractivity contribution is 0.220. The lowest BCUT2D eigenvalue weighted by Gasteiger charge is -2.16. The number of hydrogen-bond acceptors (Lipinski definition) is 1. The van der Waals surface area contributed by atoms with Crippen molar-refractivity contribution in [3.63, 3.8) is 0 Å². The first-order chi connectivity index (χ1) is 12.7. The fourth-order valence-electron chi connectivity index (χ4n) is 3.41. The molecule has 3 heteroatoms. The zero-order valence-electron chi connectivity index (χ0n) is 14.9. The van der Waals surface area contributed by atoms with Crippen LogP contribution in [-0.2, 0) is 0 Å². The van der Waals surface area contributed by atoms with Crippen molar-refractivity contribution in [1.82, 2.24) is 9.47 Å². The summed E-state index contributed by atoms with van der Waals surface area (Å²) in [6.45, 7) is 0. The standard InChI is InChI=1S/C23H20N2O/c1-24(2)23(26)25-20-16-10-9-15-19(20)21(17-11-5-3-6-12-17)22(25)18-13-7-4-8-14-18/h3-16H,1-2H3. The summed E-state index contributed by atoms with van der Waals surface area (Å²) in [5.41, 5.74) is 5.06. The number of aromatic nitrogens is 1. The van der Waals surface area contributed by atoms with Gasteiger partial charge in [0.2, 0.25) is 0 Å². The smallest absolute Gasteiger partial charge is 0.328 e. The van der Waals surface area contributed by atoms with Crippen molar-refractivity contribution in [2.24, 2.45) is 0 Å². The van der Waals surface area contributed by atoms with Crippen LogP contribution < -0.4 is 0 Å². The molecule has 128 valence electrons. The number of amides is 1. The van der Waals surface area contributed by atoms with E-state index in [0.29, 0.717) is 0 Å². The molecule has 3 aromatic carbocycles. The monoisotopic (exact) mass is 340 g/mol. The van der Waals surface area contributed by atoms with E-state index in [2.05, 4.69) is 30.3 Å². The van der Waals surface area contributed by atoms with Gasteiger partial charge in [-0.1, -0.05) is 78.9 Å². The average molecular weight is 340 g/mol. The van der Waals surface area contributed by atoms with Crippen LogP contribution in [0.1, 0.15) is 0 Å². The Kier molecular flexibility index (Phi) is 4.05. The molecule has 4 aromatic rings. The van der Waals surface area contributed by atoms with Gasteiger partial charge >= 0.3 is 6.03 Å². The first-order valence-electron chi connectivity index (χ1n) is 8.64. The summed E-state index contributed by atoms with van der Waals surface area (Å²) >= 11 is 0. The Hall–Kier alpha value is -3.33. The van der Waals surface area contributed by atoms with E-state index in [1.165, 1.54) is 0 Å². The van der Waals surface area contributed by atoms with Crippen LogP contribution in [0.15, 0.2) is 84.9 Å². The molecule has 0 saturated carbocycles. The van der Waals surface area contributed by atoms with Gasteiger partial charge in [-0.15, -0.1) is 0 Å². The highest BCUT2D eigenvalue weighted by atomic mass is 16.2. The number of para-hydroxylation sites is 1. The minimum atomic E-state index is -0.0535. The third kappa shape index (κ3) is 2.58. The highest BCUT2D eigenvalue weighted by Crippen LogP contribution is 2.40. The van der Waals surface area contributed by atoms with Crippen LogP contribution in [0.5, 0.6) is 0 Å². The summed E-state index contributed by atoms with van der Waals surface area (Å²) in [6.07, 6.45) is 0. The molecule has 0 bridgehead atoms. The lowest BCUT2D eigenvalue weighted by Crippen LogP contribution is -2.27. The van der Waals surface area contributed by atoms with Crippen LogP contribution >= 0.6 is 0 Å². The van der Waals surface area contributed by atoms with Gasteiger partial charge in [0.25, 0.3) is 0 Å². The van der Waals surface area contributed by atoms with E-state index in [0.717, 1.165) is 33.3 Å². The predicted molar refractivity (Wildman–Crippen MR) is 107 cm³/mol. The van der Waals surface area contributed by atoms with Gasteiger partial charge in [0.05, 0.1) is 11.2 Å². The van der Waals surface area contributed by atoms with E-state index >= 15 is 0 Å². The molecule has 0 atom stereocenters. The zero-order valence-corrected chi connectivity index (χ0v) is 14.9. The van der Waals surface area contributed by atoms with Gasteiger partial charge < -0.3 is 4.90 Å². The molecule has 0 aliphatic carbocycles. The third-order valence-electron chi connectivity index (χ3n) is 4.56. The molecule has 3 nitrogen and oxygen atoms in total. The highest BCUT2D eigenvalue weighted by Gasteiger charge is 2.24. The van der Waals surface area contributed by atoms with E-state index in [1.807, 2.05) is 59.2 Å². The van der Waals surface area contributed by atoms with Crippen molar-refractivity contribution in [2.45, 2.75) is 0 Å². The quantitative estimate of drug-likeness (QED) is 0.473. The fourth-order valence-corrected chi connectivity index (χ4v) is 3.41. The van der Waals surface area contributed by atoms with Crippen molar-refractivity contribution in [3.8, 4) is 22.4 Å². The summed E-state index contributed by atoms with van der Waals surface area (Å²) in [4.78, 5) is 14.7. The Labute approximate surface area is 153 Å². The Bertz CT molecular complexity index is 1060. The maximum Gasteiger partial charge on any atom is 0.328 e. The Morgan fingerprint density at radius 2 is 1.27 bits per heavy atom. The molecule has 1 amide bonds. The highest BCUT2D eigenvalue weighted by molar-refractivity contribution is 6.09. The van der Waals surface area contributed by atoms with Crippen molar-refractivity contribution in [3.05, 3.63) is 84.9 Å². The van der Waals surface area contributed by atoms with Crippen molar-refractivity contribution >= 4 is 16.9 Å².